The minimum atomic E-state index is -0.0938. The summed E-state index contributed by atoms with van der Waals surface area (Å²) >= 11 is 12.0. The van der Waals surface area contributed by atoms with Gasteiger partial charge in [-0.25, -0.2) is 0 Å². The molecule has 0 aliphatic carbocycles. The number of nitrogens with one attached hydrogen (secondary N) is 1. The highest BCUT2D eigenvalue weighted by molar-refractivity contribution is 6.35. The first-order chi connectivity index (χ1) is 13.1. The third-order valence-electron chi connectivity index (χ3n) is 3.91. The van der Waals surface area contributed by atoms with Gasteiger partial charge in [0, 0.05) is 36.1 Å². The van der Waals surface area contributed by atoms with Crippen LogP contribution in [0.15, 0.2) is 60.9 Å². The number of hydrogen-bond acceptors (Lipinski definition) is 3. The summed E-state index contributed by atoms with van der Waals surface area (Å²) in [5.74, 6) is 0.476. The van der Waals surface area contributed by atoms with Gasteiger partial charge >= 0.3 is 0 Å². The molecule has 0 radical (unpaired) electrons. The van der Waals surface area contributed by atoms with Gasteiger partial charge in [-0.15, -0.1) is 0 Å². The Morgan fingerprint density at radius 1 is 1.15 bits per heavy atom. The van der Waals surface area contributed by atoms with Crippen molar-refractivity contribution in [3.63, 3.8) is 0 Å². The van der Waals surface area contributed by atoms with E-state index in [9.17, 15) is 4.79 Å². The van der Waals surface area contributed by atoms with E-state index in [1.165, 1.54) is 0 Å². The Hall–Kier alpha value is -2.50. The lowest BCUT2D eigenvalue weighted by Crippen LogP contribution is -2.25. The maximum atomic E-state index is 12.2. The highest BCUT2D eigenvalue weighted by Gasteiger charge is 2.06. The van der Waals surface area contributed by atoms with Crippen molar-refractivity contribution in [2.75, 3.05) is 6.54 Å². The predicted octanol–water partition coefficient (Wildman–Crippen LogP) is 4.59. The molecule has 27 heavy (non-hydrogen) atoms. The molecule has 3 rings (SSSR count). The molecule has 0 bridgehead atoms. The second-order valence-electron chi connectivity index (χ2n) is 5.94. The highest BCUT2D eigenvalue weighted by atomic mass is 35.5. The third-order valence-corrected chi connectivity index (χ3v) is 4.44. The van der Waals surface area contributed by atoms with Gasteiger partial charge in [0.15, 0.2) is 0 Å². The molecule has 0 fully saturated rings. The predicted molar refractivity (Wildman–Crippen MR) is 106 cm³/mol. The molecule has 0 atom stereocenters. The molecule has 1 aromatic heterocycles. The topological polar surface area (TPSA) is 56.2 Å². The smallest absolute Gasteiger partial charge is 0.251 e. The largest absolute Gasteiger partial charge is 0.487 e. The van der Waals surface area contributed by atoms with Crippen molar-refractivity contribution in [1.29, 1.82) is 0 Å². The zero-order chi connectivity index (χ0) is 19.1. The van der Waals surface area contributed by atoms with Crippen LogP contribution in [0.25, 0.3) is 0 Å². The third kappa shape index (κ3) is 5.74. The van der Waals surface area contributed by atoms with Crippen LogP contribution in [0, 0.1) is 0 Å². The molecule has 0 saturated heterocycles. The summed E-state index contributed by atoms with van der Waals surface area (Å²) in [5.41, 5.74) is 1.55. The number of aromatic nitrogens is 2. The van der Waals surface area contributed by atoms with E-state index < -0.39 is 0 Å². The molecule has 3 aromatic rings. The Bertz CT molecular complexity index is 881. The van der Waals surface area contributed by atoms with Crippen molar-refractivity contribution >= 4 is 29.1 Å². The minimum absolute atomic E-state index is 0.0938. The molecule has 1 heterocycles. The summed E-state index contributed by atoms with van der Waals surface area (Å²) in [6, 6.07) is 14.3. The number of hydrogen-bond donors (Lipinski definition) is 1. The molecular formula is C20H19Cl2N3O2. The molecule has 2 aromatic carbocycles. The van der Waals surface area contributed by atoms with E-state index >= 15 is 0 Å². The fourth-order valence-corrected chi connectivity index (χ4v) is 2.95. The molecule has 140 valence electrons. The van der Waals surface area contributed by atoms with Gasteiger partial charge in [0.05, 0.1) is 5.02 Å². The summed E-state index contributed by atoms with van der Waals surface area (Å²) in [7, 11) is 0. The average molecular weight is 404 g/mol. The number of aryl methyl sites for hydroxylation is 1. The van der Waals surface area contributed by atoms with Crippen LogP contribution in [0.1, 0.15) is 22.3 Å². The summed E-state index contributed by atoms with van der Waals surface area (Å²) in [6.07, 6.45) is 4.46. The summed E-state index contributed by atoms with van der Waals surface area (Å²) in [6.45, 7) is 1.72. The van der Waals surface area contributed by atoms with E-state index in [1.54, 1.807) is 36.5 Å². The Morgan fingerprint density at radius 2 is 1.96 bits per heavy atom. The van der Waals surface area contributed by atoms with Crippen LogP contribution in [0.3, 0.4) is 0 Å². The van der Waals surface area contributed by atoms with Gasteiger partial charge in [-0.3, -0.25) is 9.48 Å². The Balaban J connectivity index is 1.45. The first-order valence-corrected chi connectivity index (χ1v) is 9.30. The maximum absolute atomic E-state index is 12.2. The highest BCUT2D eigenvalue weighted by Crippen LogP contribution is 2.28. The van der Waals surface area contributed by atoms with Crippen LogP contribution in [-0.4, -0.2) is 22.2 Å². The van der Waals surface area contributed by atoms with Gasteiger partial charge in [0.25, 0.3) is 5.91 Å². The second-order valence-corrected chi connectivity index (χ2v) is 6.78. The number of rotatable bonds is 8. The number of nitrogens with zero attached hydrogens (tertiary/aromatic N) is 2. The van der Waals surface area contributed by atoms with Crippen LogP contribution in [0.5, 0.6) is 5.75 Å². The lowest BCUT2D eigenvalue weighted by atomic mass is 10.1. The standard InChI is InChI=1S/C20H19Cl2N3O2/c21-17-7-8-19(18(22)13-17)27-14-15-3-5-16(6-4-15)20(26)23-9-1-11-25-12-2-10-24-25/h2-8,10,12-13H,1,9,11,14H2,(H,23,26). The van der Waals surface area contributed by atoms with Gasteiger partial charge in [-0.1, -0.05) is 35.3 Å². The zero-order valence-electron chi connectivity index (χ0n) is 14.6. The van der Waals surface area contributed by atoms with E-state index in [0.29, 0.717) is 34.5 Å². The van der Waals surface area contributed by atoms with Gasteiger partial charge in [-0.05, 0) is 48.4 Å². The van der Waals surface area contributed by atoms with Gasteiger partial charge in [0.2, 0.25) is 0 Å². The van der Waals surface area contributed by atoms with Crippen LogP contribution >= 0.6 is 23.2 Å². The molecule has 0 aliphatic heterocycles. The fraction of sp³-hybridized carbons (Fsp3) is 0.200. The van der Waals surface area contributed by atoms with Crippen molar-refractivity contribution in [2.45, 2.75) is 19.6 Å². The van der Waals surface area contributed by atoms with Crippen molar-refractivity contribution in [3.8, 4) is 5.75 Å². The maximum Gasteiger partial charge on any atom is 0.251 e. The van der Waals surface area contributed by atoms with Gasteiger partial charge in [-0.2, -0.15) is 5.10 Å². The normalized spacial score (nSPS) is 10.6. The Labute approximate surface area is 167 Å². The molecule has 0 spiro atoms. The van der Waals surface area contributed by atoms with Crippen molar-refractivity contribution in [2.24, 2.45) is 0 Å². The Kier molecular flexibility index (Phi) is 6.74. The molecule has 1 N–H and O–H groups in total. The number of amides is 1. The van der Waals surface area contributed by atoms with E-state index in [-0.39, 0.29) is 5.91 Å². The van der Waals surface area contributed by atoms with E-state index in [1.807, 2.05) is 29.1 Å². The first-order valence-electron chi connectivity index (χ1n) is 8.54. The molecule has 0 aliphatic rings. The van der Waals surface area contributed by atoms with Crippen LogP contribution in [-0.2, 0) is 13.2 Å². The summed E-state index contributed by atoms with van der Waals surface area (Å²) in [4.78, 5) is 12.2. The number of ether oxygens (including phenoxy) is 1. The second kappa shape index (κ2) is 9.44. The van der Waals surface area contributed by atoms with Crippen LogP contribution < -0.4 is 10.1 Å². The monoisotopic (exact) mass is 403 g/mol. The SMILES string of the molecule is O=C(NCCCn1cccn1)c1ccc(COc2ccc(Cl)cc2Cl)cc1. The lowest BCUT2D eigenvalue weighted by molar-refractivity contribution is 0.0952. The van der Waals surface area contributed by atoms with Crippen LogP contribution in [0.4, 0.5) is 0 Å². The average Bonchev–Trinajstić information content (AvgIpc) is 3.18. The molecule has 7 heteroatoms. The fourth-order valence-electron chi connectivity index (χ4n) is 2.48. The number of halogens is 2. The first kappa shape index (κ1) is 19.3. The van der Waals surface area contributed by atoms with Crippen molar-refractivity contribution in [1.82, 2.24) is 15.1 Å². The molecule has 5 nitrogen and oxygen atoms in total. The van der Waals surface area contributed by atoms with E-state index in [2.05, 4.69) is 10.4 Å². The minimum Gasteiger partial charge on any atom is -0.487 e. The van der Waals surface area contributed by atoms with Gasteiger partial charge in [0.1, 0.15) is 12.4 Å². The van der Waals surface area contributed by atoms with E-state index in [0.717, 1.165) is 18.5 Å². The van der Waals surface area contributed by atoms with Crippen molar-refractivity contribution < 1.29 is 9.53 Å². The quantitative estimate of drug-likeness (QED) is 0.559. The zero-order valence-corrected chi connectivity index (χ0v) is 16.1. The summed E-state index contributed by atoms with van der Waals surface area (Å²) in [5, 5.41) is 8.07. The summed E-state index contributed by atoms with van der Waals surface area (Å²) < 4.78 is 7.53. The number of carbonyl (C=O) groups is 1. The lowest BCUT2D eigenvalue weighted by Gasteiger charge is -2.09. The van der Waals surface area contributed by atoms with E-state index in [4.69, 9.17) is 27.9 Å². The number of benzene rings is 2. The molecule has 0 unspecified atom stereocenters. The molecule has 0 saturated carbocycles. The Morgan fingerprint density at radius 3 is 2.67 bits per heavy atom. The molecular weight excluding hydrogens is 385 g/mol. The molecule has 1 amide bonds. The van der Waals surface area contributed by atoms with Crippen LogP contribution in [0.2, 0.25) is 10.0 Å². The number of carbonyl (C=O) groups excluding carboxylic acids is 1. The van der Waals surface area contributed by atoms with Gasteiger partial charge < -0.3 is 10.1 Å². The van der Waals surface area contributed by atoms with Crippen molar-refractivity contribution in [3.05, 3.63) is 82.1 Å².